The molecule has 1 radical (unpaired) electrons. The lowest BCUT2D eigenvalue weighted by atomic mass is 10.1. The van der Waals surface area contributed by atoms with Gasteiger partial charge in [0.2, 0.25) is 0 Å². The quantitative estimate of drug-likeness (QED) is 0.780. The Morgan fingerprint density at radius 3 is 2.50 bits per heavy atom. The Morgan fingerprint density at radius 1 is 1.00 bits per heavy atom. The molecule has 0 aliphatic carbocycles. The fourth-order valence-electron chi connectivity index (χ4n) is 1.53. The van der Waals surface area contributed by atoms with Gasteiger partial charge in [-0.05, 0) is 49.1 Å². The van der Waals surface area contributed by atoms with Crippen molar-refractivity contribution < 1.29 is 0 Å². The molecule has 1 nitrogen and oxygen atoms in total. The lowest BCUT2D eigenvalue weighted by Crippen LogP contribution is -1.93. The van der Waals surface area contributed by atoms with E-state index in [0.29, 0.717) is 0 Å². The average Bonchev–Trinajstić information content (AvgIpc) is 2.33. The third-order valence-corrected chi connectivity index (χ3v) is 2.62. The predicted molar refractivity (Wildman–Crippen MR) is 67.4 cm³/mol. The van der Waals surface area contributed by atoms with Crippen LogP contribution in [0.15, 0.2) is 48.7 Å². The summed E-state index contributed by atoms with van der Waals surface area (Å²) in [6.07, 6.45) is 5.91. The first-order chi connectivity index (χ1) is 7.84. The van der Waals surface area contributed by atoms with E-state index < -0.39 is 0 Å². The van der Waals surface area contributed by atoms with Gasteiger partial charge in [-0.1, -0.05) is 29.8 Å². The molecule has 2 rings (SSSR count). The molecule has 1 aromatic carbocycles. The molecule has 1 aromatic heterocycles. The lowest BCUT2D eigenvalue weighted by Gasteiger charge is -2.01. The van der Waals surface area contributed by atoms with Crippen LogP contribution in [0.4, 0.5) is 0 Å². The molecule has 1 heterocycles. The van der Waals surface area contributed by atoms with Gasteiger partial charge < -0.3 is 0 Å². The maximum Gasteiger partial charge on any atom is 0.0406 e. The van der Waals surface area contributed by atoms with Gasteiger partial charge in [0, 0.05) is 16.9 Å². The van der Waals surface area contributed by atoms with Crippen molar-refractivity contribution in [2.24, 2.45) is 0 Å². The smallest absolute Gasteiger partial charge is 0.0406 e. The minimum Gasteiger partial charge on any atom is -0.261 e. The molecule has 0 N–H and O–H groups in total. The SMILES string of the molecule is Clc1ccc(C[CH]Cc2ccccn2)cc1. The molecule has 0 unspecified atom stereocenters. The van der Waals surface area contributed by atoms with Crippen LogP contribution in [0.2, 0.25) is 5.02 Å². The molecule has 0 spiro atoms. The molecule has 0 bridgehead atoms. The zero-order valence-electron chi connectivity index (χ0n) is 8.94. The zero-order chi connectivity index (χ0) is 11.2. The van der Waals surface area contributed by atoms with Gasteiger partial charge in [0.15, 0.2) is 0 Å². The minimum atomic E-state index is 0.786. The average molecular weight is 231 g/mol. The van der Waals surface area contributed by atoms with Crippen LogP contribution < -0.4 is 0 Å². The van der Waals surface area contributed by atoms with Crippen LogP contribution in [0, 0.1) is 6.42 Å². The monoisotopic (exact) mass is 230 g/mol. The van der Waals surface area contributed by atoms with Crippen molar-refractivity contribution >= 4 is 11.6 Å². The first-order valence-corrected chi connectivity index (χ1v) is 5.68. The summed E-state index contributed by atoms with van der Waals surface area (Å²) >= 11 is 5.82. The molecule has 2 aromatic rings. The summed E-state index contributed by atoms with van der Waals surface area (Å²) in [4.78, 5) is 4.27. The van der Waals surface area contributed by atoms with Crippen LogP contribution in [0.1, 0.15) is 11.3 Å². The van der Waals surface area contributed by atoms with Gasteiger partial charge in [-0.2, -0.15) is 0 Å². The highest BCUT2D eigenvalue weighted by Crippen LogP contribution is 2.11. The van der Waals surface area contributed by atoms with Crippen molar-refractivity contribution in [3.8, 4) is 0 Å². The van der Waals surface area contributed by atoms with E-state index in [1.807, 2.05) is 36.5 Å². The number of nitrogens with zero attached hydrogens (tertiary/aromatic N) is 1. The summed E-state index contributed by atoms with van der Waals surface area (Å²) in [5.74, 6) is 0. The number of benzene rings is 1. The Bertz CT molecular complexity index is 422. The Morgan fingerprint density at radius 2 is 1.81 bits per heavy atom. The third-order valence-electron chi connectivity index (χ3n) is 2.37. The summed E-state index contributed by atoms with van der Waals surface area (Å²) in [6.45, 7) is 0. The highest BCUT2D eigenvalue weighted by atomic mass is 35.5. The van der Waals surface area contributed by atoms with E-state index >= 15 is 0 Å². The topological polar surface area (TPSA) is 12.9 Å². The first-order valence-electron chi connectivity index (χ1n) is 5.30. The van der Waals surface area contributed by atoms with Crippen LogP contribution in [0.25, 0.3) is 0 Å². The molecule has 0 aliphatic heterocycles. The van der Waals surface area contributed by atoms with Crippen LogP contribution >= 0.6 is 11.6 Å². The molecule has 0 atom stereocenters. The molecule has 81 valence electrons. The minimum absolute atomic E-state index is 0.786. The standard InChI is InChI=1S/C14H13ClN/c15-13-9-7-12(8-10-13)4-3-6-14-5-1-2-11-16-14/h1-3,5,7-11H,4,6H2. The second-order valence-electron chi connectivity index (χ2n) is 3.64. The van der Waals surface area contributed by atoms with Gasteiger partial charge in [-0.15, -0.1) is 0 Å². The summed E-state index contributed by atoms with van der Waals surface area (Å²) in [5, 5.41) is 0.786. The van der Waals surface area contributed by atoms with Gasteiger partial charge in [0.1, 0.15) is 0 Å². The first kappa shape index (κ1) is 11.2. The van der Waals surface area contributed by atoms with Crippen molar-refractivity contribution in [3.63, 3.8) is 0 Å². The number of aromatic nitrogens is 1. The van der Waals surface area contributed by atoms with E-state index in [2.05, 4.69) is 23.5 Å². The second-order valence-corrected chi connectivity index (χ2v) is 4.08. The van der Waals surface area contributed by atoms with Crippen LogP contribution in [0.5, 0.6) is 0 Å². The van der Waals surface area contributed by atoms with Crippen molar-refractivity contribution in [1.29, 1.82) is 0 Å². The highest BCUT2D eigenvalue weighted by Gasteiger charge is 1.96. The Labute approximate surface area is 101 Å². The van der Waals surface area contributed by atoms with E-state index in [1.54, 1.807) is 0 Å². The van der Waals surface area contributed by atoms with Gasteiger partial charge in [-0.25, -0.2) is 0 Å². The number of halogens is 1. The number of hydrogen-bond acceptors (Lipinski definition) is 1. The molecule has 2 heteroatoms. The van der Waals surface area contributed by atoms with Gasteiger partial charge in [0.25, 0.3) is 0 Å². The summed E-state index contributed by atoms with van der Waals surface area (Å²) in [5.41, 5.74) is 2.39. The molecule has 0 aliphatic rings. The molecular formula is C14H13ClN. The van der Waals surface area contributed by atoms with Crippen molar-refractivity contribution in [2.45, 2.75) is 12.8 Å². The van der Waals surface area contributed by atoms with Crippen LogP contribution in [-0.2, 0) is 12.8 Å². The molecule has 16 heavy (non-hydrogen) atoms. The van der Waals surface area contributed by atoms with Gasteiger partial charge >= 0.3 is 0 Å². The van der Waals surface area contributed by atoms with E-state index in [1.165, 1.54) is 5.56 Å². The zero-order valence-corrected chi connectivity index (χ0v) is 9.69. The van der Waals surface area contributed by atoms with Gasteiger partial charge in [-0.3, -0.25) is 4.98 Å². The summed E-state index contributed by atoms with van der Waals surface area (Å²) < 4.78 is 0. The highest BCUT2D eigenvalue weighted by molar-refractivity contribution is 6.30. The molecular weight excluding hydrogens is 218 g/mol. The fourth-order valence-corrected chi connectivity index (χ4v) is 1.65. The largest absolute Gasteiger partial charge is 0.261 e. The lowest BCUT2D eigenvalue weighted by molar-refractivity contribution is 0.980. The maximum atomic E-state index is 5.82. The van der Waals surface area contributed by atoms with E-state index in [-0.39, 0.29) is 0 Å². The van der Waals surface area contributed by atoms with Crippen molar-refractivity contribution in [1.82, 2.24) is 4.98 Å². The van der Waals surface area contributed by atoms with E-state index in [9.17, 15) is 0 Å². The Hall–Kier alpha value is -1.34. The van der Waals surface area contributed by atoms with E-state index in [0.717, 1.165) is 23.6 Å². The normalized spacial score (nSPS) is 10.3. The molecule has 0 amide bonds. The fraction of sp³-hybridized carbons (Fsp3) is 0.143. The van der Waals surface area contributed by atoms with Gasteiger partial charge in [0.05, 0.1) is 0 Å². The summed E-state index contributed by atoms with van der Waals surface area (Å²) in [6, 6.07) is 13.9. The van der Waals surface area contributed by atoms with Crippen molar-refractivity contribution in [2.75, 3.05) is 0 Å². The Kier molecular flexibility index (Phi) is 3.95. The van der Waals surface area contributed by atoms with E-state index in [4.69, 9.17) is 11.6 Å². The number of rotatable bonds is 4. The molecule has 0 saturated carbocycles. The molecule has 0 saturated heterocycles. The second kappa shape index (κ2) is 5.66. The number of pyridine rings is 1. The van der Waals surface area contributed by atoms with Crippen LogP contribution in [0.3, 0.4) is 0 Å². The maximum absolute atomic E-state index is 5.82. The van der Waals surface area contributed by atoms with Crippen molar-refractivity contribution in [3.05, 3.63) is 71.4 Å². The summed E-state index contributed by atoms with van der Waals surface area (Å²) in [7, 11) is 0. The predicted octanol–water partition coefficient (Wildman–Crippen LogP) is 3.72. The van der Waals surface area contributed by atoms with Crippen LogP contribution in [-0.4, -0.2) is 4.98 Å². The molecule has 0 fully saturated rings. The third kappa shape index (κ3) is 3.35. The number of hydrogen-bond donors (Lipinski definition) is 0. The Balaban J connectivity index is 1.82.